The zero-order valence-corrected chi connectivity index (χ0v) is 16.5. The maximum absolute atomic E-state index is 13.6. The van der Waals surface area contributed by atoms with Crippen molar-refractivity contribution in [1.82, 2.24) is 20.0 Å². The van der Waals surface area contributed by atoms with Crippen molar-refractivity contribution in [3.05, 3.63) is 53.9 Å². The topological polar surface area (TPSA) is 50.2 Å². The second-order valence-corrected chi connectivity index (χ2v) is 8.33. The van der Waals surface area contributed by atoms with Gasteiger partial charge in [0.25, 0.3) is 0 Å². The third-order valence-corrected chi connectivity index (χ3v) is 6.66. The molecule has 3 fully saturated rings. The van der Waals surface area contributed by atoms with Crippen LogP contribution >= 0.6 is 12.4 Å². The standard InChI is InChI=1S/C21H26N4O.ClH/c1-15-5-2-3-6-17(15)19-18-12-22-11-16(18)13-25(19)20(26)21(7-8-21)14-24-10-4-9-23-24;/h2-6,9-10,16,18-19,22H,7-8,11-14H2,1H3;1H/t16-,18-,19+;/m0./s1. The van der Waals surface area contributed by atoms with Crippen LogP contribution in [0, 0.1) is 24.2 Å². The lowest BCUT2D eigenvalue weighted by Crippen LogP contribution is -2.41. The fourth-order valence-electron chi connectivity index (χ4n) is 5.05. The number of rotatable bonds is 4. The largest absolute Gasteiger partial charge is 0.334 e. The minimum absolute atomic E-state index is 0. The molecule has 2 saturated heterocycles. The number of likely N-dealkylation sites (tertiary alicyclic amines) is 1. The van der Waals surface area contributed by atoms with Crippen LogP contribution in [0.4, 0.5) is 0 Å². The quantitative estimate of drug-likeness (QED) is 0.879. The molecule has 0 unspecified atom stereocenters. The van der Waals surface area contributed by atoms with Gasteiger partial charge < -0.3 is 10.2 Å². The maximum Gasteiger partial charge on any atom is 0.231 e. The summed E-state index contributed by atoms with van der Waals surface area (Å²) in [5.41, 5.74) is 2.38. The Labute approximate surface area is 166 Å². The molecule has 1 aromatic carbocycles. The zero-order valence-electron chi connectivity index (χ0n) is 15.7. The van der Waals surface area contributed by atoms with E-state index in [1.807, 2.05) is 16.9 Å². The molecule has 5 nitrogen and oxygen atoms in total. The van der Waals surface area contributed by atoms with Crippen LogP contribution in [0.2, 0.25) is 0 Å². The van der Waals surface area contributed by atoms with Crippen LogP contribution in [-0.2, 0) is 11.3 Å². The number of hydrogen-bond donors (Lipinski definition) is 1. The van der Waals surface area contributed by atoms with Gasteiger partial charge in [-0.1, -0.05) is 24.3 Å². The Balaban J connectivity index is 0.00000180. The number of aromatic nitrogens is 2. The monoisotopic (exact) mass is 386 g/mol. The van der Waals surface area contributed by atoms with E-state index in [0.29, 0.717) is 24.3 Å². The normalized spacial score (nSPS) is 27.9. The van der Waals surface area contributed by atoms with Crippen molar-refractivity contribution in [2.24, 2.45) is 17.3 Å². The molecular weight excluding hydrogens is 360 g/mol. The first kappa shape index (κ1) is 18.5. The second-order valence-electron chi connectivity index (χ2n) is 8.33. The Morgan fingerprint density at radius 1 is 1.26 bits per heavy atom. The number of nitrogens with one attached hydrogen (secondary N) is 1. The summed E-state index contributed by atoms with van der Waals surface area (Å²) in [6, 6.07) is 10.7. The number of amides is 1. The molecule has 27 heavy (non-hydrogen) atoms. The van der Waals surface area contributed by atoms with Crippen LogP contribution in [0.1, 0.15) is 30.0 Å². The van der Waals surface area contributed by atoms with Gasteiger partial charge in [-0.3, -0.25) is 9.48 Å². The summed E-state index contributed by atoms with van der Waals surface area (Å²) in [5.74, 6) is 1.44. The van der Waals surface area contributed by atoms with Crippen LogP contribution in [0.25, 0.3) is 0 Å². The van der Waals surface area contributed by atoms with Crippen molar-refractivity contribution in [2.45, 2.75) is 32.4 Å². The van der Waals surface area contributed by atoms with Crippen LogP contribution < -0.4 is 5.32 Å². The molecule has 2 aliphatic heterocycles. The van der Waals surface area contributed by atoms with Gasteiger partial charge >= 0.3 is 0 Å². The van der Waals surface area contributed by atoms with Crippen LogP contribution in [0.15, 0.2) is 42.7 Å². The smallest absolute Gasteiger partial charge is 0.231 e. The number of fused-ring (bicyclic) bond motifs is 1. The molecule has 3 atom stereocenters. The van der Waals surface area contributed by atoms with Crippen LogP contribution in [0.5, 0.6) is 0 Å². The molecule has 1 aromatic heterocycles. The molecule has 144 valence electrons. The van der Waals surface area contributed by atoms with E-state index in [1.54, 1.807) is 6.20 Å². The molecule has 1 amide bonds. The lowest BCUT2D eigenvalue weighted by molar-refractivity contribution is -0.139. The average molecular weight is 387 g/mol. The molecule has 0 bridgehead atoms. The predicted octanol–water partition coefficient (Wildman–Crippen LogP) is 2.81. The summed E-state index contributed by atoms with van der Waals surface area (Å²) < 4.78 is 1.92. The molecule has 6 heteroatoms. The molecule has 1 aliphatic carbocycles. The van der Waals surface area contributed by atoms with Gasteiger partial charge in [0.15, 0.2) is 0 Å². The van der Waals surface area contributed by atoms with Crippen molar-refractivity contribution in [3.63, 3.8) is 0 Å². The average Bonchev–Trinajstić information content (AvgIpc) is 3.00. The van der Waals surface area contributed by atoms with Gasteiger partial charge in [-0.05, 0) is 42.9 Å². The summed E-state index contributed by atoms with van der Waals surface area (Å²) in [6.45, 7) is 5.81. The molecule has 3 heterocycles. The number of halogens is 1. The molecule has 5 rings (SSSR count). The number of carbonyl (C=O) groups is 1. The van der Waals surface area contributed by atoms with Gasteiger partial charge in [-0.25, -0.2) is 0 Å². The predicted molar refractivity (Wildman–Crippen MR) is 107 cm³/mol. The van der Waals surface area contributed by atoms with E-state index < -0.39 is 0 Å². The number of hydrogen-bond acceptors (Lipinski definition) is 3. The van der Waals surface area contributed by atoms with Crippen molar-refractivity contribution < 1.29 is 4.79 Å². The highest BCUT2D eigenvalue weighted by Gasteiger charge is 2.57. The third-order valence-electron chi connectivity index (χ3n) is 6.66. The molecule has 1 saturated carbocycles. The number of benzene rings is 1. The van der Waals surface area contributed by atoms with Gasteiger partial charge in [-0.15, -0.1) is 12.4 Å². The van der Waals surface area contributed by atoms with E-state index >= 15 is 0 Å². The van der Waals surface area contributed by atoms with E-state index in [-0.39, 0.29) is 23.9 Å². The Kier molecular flexibility index (Phi) is 4.77. The van der Waals surface area contributed by atoms with Crippen molar-refractivity contribution in [1.29, 1.82) is 0 Å². The van der Waals surface area contributed by atoms with Gasteiger partial charge in [0, 0.05) is 37.9 Å². The van der Waals surface area contributed by atoms with Crippen molar-refractivity contribution >= 4 is 18.3 Å². The summed E-state index contributed by atoms with van der Waals surface area (Å²) >= 11 is 0. The molecule has 3 aliphatic rings. The van der Waals surface area contributed by atoms with Gasteiger partial charge in [0.05, 0.1) is 18.0 Å². The summed E-state index contributed by atoms with van der Waals surface area (Å²) in [4.78, 5) is 15.9. The lowest BCUT2D eigenvalue weighted by atomic mass is 9.87. The molecule has 2 aromatic rings. The van der Waals surface area contributed by atoms with E-state index in [1.165, 1.54) is 11.1 Å². The first-order valence-corrected chi connectivity index (χ1v) is 9.73. The van der Waals surface area contributed by atoms with Crippen molar-refractivity contribution in [2.75, 3.05) is 19.6 Å². The van der Waals surface area contributed by atoms with E-state index in [4.69, 9.17) is 0 Å². The fourth-order valence-corrected chi connectivity index (χ4v) is 5.05. The van der Waals surface area contributed by atoms with Crippen LogP contribution in [-0.4, -0.2) is 40.2 Å². The van der Waals surface area contributed by atoms with E-state index in [9.17, 15) is 4.79 Å². The van der Waals surface area contributed by atoms with E-state index in [2.05, 4.69) is 46.5 Å². The second kappa shape index (κ2) is 6.95. The molecule has 0 radical (unpaired) electrons. The van der Waals surface area contributed by atoms with Gasteiger partial charge in [0.2, 0.25) is 5.91 Å². The van der Waals surface area contributed by atoms with Crippen molar-refractivity contribution in [3.8, 4) is 0 Å². The molecule has 0 spiro atoms. The highest BCUT2D eigenvalue weighted by Crippen LogP contribution is 2.53. The van der Waals surface area contributed by atoms with Gasteiger partial charge in [0.1, 0.15) is 0 Å². The maximum atomic E-state index is 13.6. The van der Waals surface area contributed by atoms with E-state index in [0.717, 1.165) is 32.5 Å². The number of aryl methyl sites for hydroxylation is 1. The van der Waals surface area contributed by atoms with Gasteiger partial charge in [-0.2, -0.15) is 5.10 Å². The SMILES string of the molecule is Cc1ccccc1[C@@H]1[C@H]2CNC[C@H]2CN1C(=O)C1(Cn2cccn2)CC1.Cl. The molecular formula is C21H27ClN4O. The Hall–Kier alpha value is -1.85. The first-order chi connectivity index (χ1) is 12.7. The van der Waals surface area contributed by atoms with Crippen LogP contribution in [0.3, 0.4) is 0 Å². The summed E-state index contributed by atoms with van der Waals surface area (Å²) in [5, 5.41) is 7.88. The minimum Gasteiger partial charge on any atom is -0.334 e. The molecule has 1 N–H and O–H groups in total. The fraction of sp³-hybridized carbons (Fsp3) is 0.524. The zero-order chi connectivity index (χ0) is 17.7. The summed E-state index contributed by atoms with van der Waals surface area (Å²) in [6.07, 6.45) is 5.73. The highest BCUT2D eigenvalue weighted by atomic mass is 35.5. The lowest BCUT2D eigenvalue weighted by Gasteiger charge is -2.32. The Morgan fingerprint density at radius 3 is 2.78 bits per heavy atom. The first-order valence-electron chi connectivity index (χ1n) is 9.73. The Morgan fingerprint density at radius 2 is 2.07 bits per heavy atom. The summed E-state index contributed by atoms with van der Waals surface area (Å²) in [7, 11) is 0. The number of carbonyl (C=O) groups excluding carboxylic acids is 1. The third kappa shape index (κ3) is 3.07. The number of nitrogens with zero attached hydrogens (tertiary/aromatic N) is 3. The Bertz CT molecular complexity index is 817. The minimum atomic E-state index is -0.237. The highest BCUT2D eigenvalue weighted by molar-refractivity contribution is 5.86.